The highest BCUT2D eigenvalue weighted by molar-refractivity contribution is 5.87. The van der Waals surface area contributed by atoms with E-state index in [1.54, 1.807) is 18.3 Å². The van der Waals surface area contributed by atoms with E-state index in [0.29, 0.717) is 99.8 Å². The normalized spacial score (nSPS) is 19.9. The predicted octanol–water partition coefficient (Wildman–Crippen LogP) is 7.68. The van der Waals surface area contributed by atoms with Gasteiger partial charge >= 0.3 is 31.1 Å². The molecular weight excluding hydrogens is 1140 g/mol. The van der Waals surface area contributed by atoms with Crippen LogP contribution in [0.2, 0.25) is 0 Å². The zero-order chi connectivity index (χ0) is 61.3. The van der Waals surface area contributed by atoms with Gasteiger partial charge in [-0.25, -0.2) is 33.0 Å². The third-order valence-electron chi connectivity index (χ3n) is 16.0. The van der Waals surface area contributed by atoms with Crippen molar-refractivity contribution in [1.29, 1.82) is 0 Å². The van der Waals surface area contributed by atoms with E-state index in [1.807, 2.05) is 22.8 Å². The molecule has 28 heteroatoms. The molecule has 5 heterocycles. The molecule has 4 amide bonds. The molecule has 2 bridgehead atoms. The third-order valence-corrected chi connectivity index (χ3v) is 16.0. The first-order chi connectivity index (χ1) is 40.0. The molecule has 2 unspecified atom stereocenters. The molecule has 4 aromatic rings. The van der Waals surface area contributed by atoms with E-state index in [2.05, 4.69) is 42.5 Å². The van der Waals surface area contributed by atoms with Gasteiger partial charge in [0.2, 0.25) is 5.91 Å². The Kier molecular flexibility index (Phi) is 18.3. The minimum absolute atomic E-state index is 0.209. The van der Waals surface area contributed by atoms with E-state index in [-0.39, 0.29) is 21.5 Å². The van der Waals surface area contributed by atoms with E-state index in [4.69, 9.17) is 14.2 Å². The molecule has 2 aliphatic carbocycles. The molecule has 3 saturated heterocycles. The fraction of sp³-hybridized carbons (Fsp3) is 0.544. The smallest absolute Gasteiger partial charge is 0.408 e. The zero-order valence-corrected chi connectivity index (χ0v) is 46.6. The first-order valence-electron chi connectivity index (χ1n) is 27.6. The van der Waals surface area contributed by atoms with Crippen molar-refractivity contribution in [3.8, 4) is 23.1 Å². The fourth-order valence-electron chi connectivity index (χ4n) is 10.3. The third kappa shape index (κ3) is 14.9. The summed E-state index contributed by atoms with van der Waals surface area (Å²) in [5, 5.41) is 22.6. The number of hydrazine groups is 1. The Morgan fingerprint density at radius 1 is 0.741 bits per heavy atom. The van der Waals surface area contributed by atoms with Gasteiger partial charge in [0.05, 0.1) is 47.9 Å². The maximum absolute atomic E-state index is 16.2. The number of carbonyl (C=O) groups excluding carboxylic acids is 4. The van der Waals surface area contributed by atoms with Crippen LogP contribution in [0.15, 0.2) is 67.0 Å². The molecule has 0 radical (unpaired) electrons. The van der Waals surface area contributed by atoms with Gasteiger partial charge in [0.15, 0.2) is 0 Å². The van der Waals surface area contributed by atoms with Crippen molar-refractivity contribution in [2.24, 2.45) is 10.8 Å². The second-order valence-electron chi connectivity index (χ2n) is 23.2. The zero-order valence-electron chi connectivity index (χ0n) is 46.6. The molecule has 85 heavy (non-hydrogen) atoms. The molecule has 5 N–H and O–H groups in total. The number of aliphatic hydroxyl groups excluding tert-OH is 1. The number of alkyl halides is 8. The lowest BCUT2D eigenvalue weighted by Crippen LogP contribution is -2.63. The molecule has 18 nitrogen and oxygen atoms in total. The van der Waals surface area contributed by atoms with Crippen molar-refractivity contribution in [3.63, 3.8) is 0 Å². The van der Waals surface area contributed by atoms with Crippen molar-refractivity contribution >= 4 is 29.8 Å². The standard InChI is InChI=1S/C57H64F10N10O8/c1-54(2,56(62,63)64)47(70-52(81)84-38-14-15-38)49(79)69-44(21-32-8-5-31(6-9-32)7-10-33-11-18-46(68-24-33)74-25-35-12-13-36(26-74)77(35)37-29-83-30-37)45(78)28-75(27-40-41(58)22-34(23-42(40)59)43-19-20-76(72-43)51(60)61)73-50(80)48(55(3,4)57(65,66)67)71-53(82)85-39-16-17-39/h5-6,8-9,11,18-20,22-24,35-39,44-45,47-48,51,78H,12-17,21,25-30H2,1-4H3,(H,69,79)(H,70,81)(H,71,82)(H,73,80)/t35?,36?,44-,45-,47+,48+/m0/s1. The quantitative estimate of drug-likeness (QED) is 0.0309. The molecule has 9 rings (SSSR count). The monoisotopic (exact) mass is 1210 g/mol. The van der Waals surface area contributed by atoms with Crippen molar-refractivity contribution in [1.82, 2.24) is 46.0 Å². The molecule has 6 atom stereocenters. The lowest BCUT2D eigenvalue weighted by Gasteiger charge is -2.47. The van der Waals surface area contributed by atoms with Gasteiger partial charge in [0.25, 0.3) is 5.91 Å². The van der Waals surface area contributed by atoms with Gasteiger partial charge in [-0.3, -0.25) is 19.9 Å². The van der Waals surface area contributed by atoms with Gasteiger partial charge in [-0.15, -0.1) is 0 Å². The fourth-order valence-corrected chi connectivity index (χ4v) is 10.3. The van der Waals surface area contributed by atoms with Gasteiger partial charge in [-0.05, 0) is 121 Å². The van der Waals surface area contributed by atoms with Crippen LogP contribution in [0.5, 0.6) is 0 Å². The Hall–Kier alpha value is -7.22. The SMILES string of the molecule is CC(C)([C@H](NC(=O)OC1CC1)C(=O)N[C@@H](Cc1ccc(C#Cc2ccc(N3CC4CCC(C3)N4C3COC3)nc2)cc1)[C@@H](O)CN(Cc1c(F)cc(-c2ccn(C(F)F)n2)cc1F)NC(=O)[C@@H](NC(=O)OC1CC1)C(C)(C)C(F)(F)F)C(F)(F)F. The largest absolute Gasteiger partial charge is 0.446 e. The Morgan fingerprint density at radius 3 is 1.76 bits per heavy atom. The van der Waals surface area contributed by atoms with E-state index in [0.717, 1.165) is 57.2 Å². The number of rotatable bonds is 21. The summed E-state index contributed by atoms with van der Waals surface area (Å²) in [5.41, 5.74) is -4.27. The van der Waals surface area contributed by atoms with Crippen molar-refractivity contribution in [3.05, 3.63) is 101 Å². The first kappa shape index (κ1) is 62.3. The summed E-state index contributed by atoms with van der Waals surface area (Å²) in [7, 11) is 0. The maximum atomic E-state index is 16.2. The van der Waals surface area contributed by atoms with Crippen LogP contribution >= 0.6 is 0 Å². The molecule has 5 aliphatic rings. The number of fused-ring (bicyclic) bond motifs is 2. The summed E-state index contributed by atoms with van der Waals surface area (Å²) < 4.78 is 164. The van der Waals surface area contributed by atoms with Crippen molar-refractivity contribution in [2.75, 3.05) is 37.7 Å². The number of ether oxygens (including phenoxy) is 3. The number of alkyl carbamates (subject to hydrolysis) is 2. The second-order valence-corrected chi connectivity index (χ2v) is 23.2. The molecule has 2 aromatic carbocycles. The van der Waals surface area contributed by atoms with Crippen molar-refractivity contribution in [2.45, 2.75) is 153 Å². The minimum atomic E-state index is -5.22. The summed E-state index contributed by atoms with van der Waals surface area (Å²) in [6, 6.07) is 6.81. The molecule has 2 aromatic heterocycles. The molecular formula is C57H64F10N10O8. The number of aromatic nitrogens is 3. The highest BCUT2D eigenvalue weighted by Crippen LogP contribution is 2.43. The molecule has 3 aliphatic heterocycles. The lowest BCUT2D eigenvalue weighted by atomic mass is 9.82. The number of aliphatic hydroxyl groups is 1. The average molecular weight is 1210 g/mol. The highest BCUT2D eigenvalue weighted by atomic mass is 19.4. The average Bonchev–Trinajstić information content (AvgIpc) is 2.16. The minimum Gasteiger partial charge on any atom is -0.446 e. The number of amides is 4. The number of hydrogen-bond acceptors (Lipinski definition) is 13. The molecule has 2 saturated carbocycles. The number of hydrogen-bond donors (Lipinski definition) is 5. The van der Waals surface area contributed by atoms with Crippen molar-refractivity contribution < 1.29 is 82.4 Å². The van der Waals surface area contributed by atoms with Crippen LogP contribution in [0.4, 0.5) is 59.3 Å². The maximum Gasteiger partial charge on any atom is 0.408 e. The Morgan fingerprint density at radius 2 is 1.28 bits per heavy atom. The van der Waals surface area contributed by atoms with E-state index < -0.39 is 127 Å². The van der Waals surface area contributed by atoms with Crippen LogP contribution in [0.3, 0.4) is 0 Å². The summed E-state index contributed by atoms with van der Waals surface area (Å²) in [4.78, 5) is 63.9. The molecule has 0 spiro atoms. The highest BCUT2D eigenvalue weighted by Gasteiger charge is 2.58. The Bertz CT molecular complexity index is 3090. The van der Waals surface area contributed by atoms with Gasteiger partial charge < -0.3 is 40.2 Å². The topological polar surface area (TPSA) is 205 Å². The van der Waals surface area contributed by atoms with Crippen LogP contribution in [-0.4, -0.2) is 154 Å². The lowest BCUT2D eigenvalue weighted by molar-refractivity contribution is -0.221. The number of nitrogens with zero attached hydrogens (tertiary/aromatic N) is 6. The summed E-state index contributed by atoms with van der Waals surface area (Å²) >= 11 is 0. The second kappa shape index (κ2) is 25.0. The Balaban J connectivity index is 0.998. The first-order valence-corrected chi connectivity index (χ1v) is 27.6. The van der Waals surface area contributed by atoms with Gasteiger partial charge in [-0.2, -0.15) is 40.2 Å². The Labute approximate surface area is 482 Å². The summed E-state index contributed by atoms with van der Waals surface area (Å²) in [5.74, 6) is 0.916. The van der Waals surface area contributed by atoms with Crippen LogP contribution in [0.25, 0.3) is 11.3 Å². The van der Waals surface area contributed by atoms with Gasteiger partial charge in [-0.1, -0.05) is 24.0 Å². The van der Waals surface area contributed by atoms with Crippen LogP contribution < -0.4 is 26.3 Å². The van der Waals surface area contributed by atoms with E-state index in [1.165, 1.54) is 12.1 Å². The predicted molar refractivity (Wildman–Crippen MR) is 284 cm³/mol. The summed E-state index contributed by atoms with van der Waals surface area (Å²) in [6.07, 6.45) is -10.7. The van der Waals surface area contributed by atoms with Crippen LogP contribution in [0.1, 0.15) is 95.0 Å². The summed E-state index contributed by atoms with van der Waals surface area (Å²) in [6.45, 7) is 0.221. The number of carbonyl (C=O) groups is 4. The number of halogens is 10. The van der Waals surface area contributed by atoms with Gasteiger partial charge in [0.1, 0.15) is 41.7 Å². The molecule has 460 valence electrons. The van der Waals surface area contributed by atoms with Crippen LogP contribution in [0, 0.1) is 34.3 Å². The number of piperazine rings is 1. The number of anilines is 1. The molecule has 5 fully saturated rings. The van der Waals surface area contributed by atoms with Crippen LogP contribution in [-0.2, 0) is 36.8 Å². The van der Waals surface area contributed by atoms with Gasteiger partial charge in [0, 0.05) is 72.9 Å². The van der Waals surface area contributed by atoms with E-state index in [9.17, 15) is 59.4 Å². The number of nitrogens with one attached hydrogen (secondary N) is 4. The number of benzene rings is 2. The number of pyridine rings is 1. The van der Waals surface area contributed by atoms with E-state index >= 15 is 8.78 Å².